The van der Waals surface area contributed by atoms with Crippen molar-refractivity contribution in [2.24, 2.45) is 5.92 Å². The van der Waals surface area contributed by atoms with E-state index in [-0.39, 0.29) is 6.10 Å². The van der Waals surface area contributed by atoms with Gasteiger partial charge in [0.1, 0.15) is 0 Å². The van der Waals surface area contributed by atoms with Crippen molar-refractivity contribution in [2.75, 3.05) is 0 Å². The quantitative estimate of drug-likeness (QED) is 0.795. The topological polar surface area (TPSA) is 20.2 Å². The van der Waals surface area contributed by atoms with E-state index in [4.69, 9.17) is 0 Å². The van der Waals surface area contributed by atoms with E-state index < -0.39 is 0 Å². The highest BCUT2D eigenvalue weighted by Gasteiger charge is 2.17. The molecule has 84 valence electrons. The summed E-state index contributed by atoms with van der Waals surface area (Å²) < 4.78 is 0. The van der Waals surface area contributed by atoms with E-state index in [0.717, 1.165) is 18.4 Å². The standard InChI is InChI=1S/C14H22O/c1-5-12(6-2)14(15)13-8-7-10(3)11(4)9-13/h7-9,12,14-15H,5-6H2,1-4H3. The van der Waals surface area contributed by atoms with Crippen molar-refractivity contribution in [2.45, 2.75) is 46.6 Å². The van der Waals surface area contributed by atoms with Gasteiger partial charge in [-0.15, -0.1) is 0 Å². The van der Waals surface area contributed by atoms with E-state index in [0.29, 0.717) is 5.92 Å². The van der Waals surface area contributed by atoms with Crippen LogP contribution in [0, 0.1) is 19.8 Å². The molecule has 0 aliphatic rings. The van der Waals surface area contributed by atoms with Crippen LogP contribution < -0.4 is 0 Å². The lowest BCUT2D eigenvalue weighted by atomic mass is 9.90. The molecule has 1 nitrogen and oxygen atoms in total. The van der Waals surface area contributed by atoms with Crippen LogP contribution in [-0.2, 0) is 0 Å². The number of aliphatic hydroxyl groups excluding tert-OH is 1. The Hall–Kier alpha value is -0.820. The zero-order chi connectivity index (χ0) is 11.4. The first-order valence-corrected chi connectivity index (χ1v) is 5.85. The summed E-state index contributed by atoms with van der Waals surface area (Å²) in [5, 5.41) is 10.2. The van der Waals surface area contributed by atoms with Crippen LogP contribution in [0.25, 0.3) is 0 Å². The monoisotopic (exact) mass is 206 g/mol. The van der Waals surface area contributed by atoms with E-state index in [2.05, 4.69) is 39.8 Å². The first-order chi connectivity index (χ1) is 7.10. The molecule has 0 saturated carbocycles. The van der Waals surface area contributed by atoms with Crippen LogP contribution in [0.5, 0.6) is 0 Å². The van der Waals surface area contributed by atoms with E-state index in [9.17, 15) is 5.11 Å². The average Bonchev–Trinajstić information content (AvgIpc) is 2.23. The fourth-order valence-corrected chi connectivity index (χ4v) is 1.96. The molecule has 0 heterocycles. The van der Waals surface area contributed by atoms with E-state index in [1.54, 1.807) is 0 Å². The molecule has 0 bridgehead atoms. The number of hydrogen-bond acceptors (Lipinski definition) is 1. The Kier molecular flexibility index (Phi) is 4.34. The summed E-state index contributed by atoms with van der Waals surface area (Å²) in [7, 11) is 0. The van der Waals surface area contributed by atoms with Gasteiger partial charge in [-0.2, -0.15) is 0 Å². The molecule has 1 N–H and O–H groups in total. The summed E-state index contributed by atoms with van der Waals surface area (Å²) in [6, 6.07) is 6.25. The molecule has 0 amide bonds. The zero-order valence-corrected chi connectivity index (χ0v) is 10.2. The Morgan fingerprint density at radius 1 is 1.07 bits per heavy atom. The Morgan fingerprint density at radius 2 is 1.67 bits per heavy atom. The van der Waals surface area contributed by atoms with Crippen molar-refractivity contribution >= 4 is 0 Å². The maximum absolute atomic E-state index is 10.2. The molecule has 1 heteroatoms. The first kappa shape index (κ1) is 12.3. The molecule has 0 saturated heterocycles. The highest BCUT2D eigenvalue weighted by Crippen LogP contribution is 2.28. The summed E-state index contributed by atoms with van der Waals surface area (Å²) in [4.78, 5) is 0. The van der Waals surface area contributed by atoms with Crippen molar-refractivity contribution in [3.63, 3.8) is 0 Å². The molecule has 1 unspecified atom stereocenters. The lowest BCUT2D eigenvalue weighted by Crippen LogP contribution is -2.11. The molecule has 0 aliphatic heterocycles. The molecule has 0 aromatic heterocycles. The van der Waals surface area contributed by atoms with Crippen molar-refractivity contribution < 1.29 is 5.11 Å². The van der Waals surface area contributed by atoms with Gasteiger partial charge in [0.15, 0.2) is 0 Å². The van der Waals surface area contributed by atoms with Crippen LogP contribution in [0.4, 0.5) is 0 Å². The highest BCUT2D eigenvalue weighted by molar-refractivity contribution is 5.31. The second-order valence-corrected chi connectivity index (χ2v) is 4.37. The van der Waals surface area contributed by atoms with Crippen molar-refractivity contribution in [3.8, 4) is 0 Å². The Labute approximate surface area is 93.1 Å². The first-order valence-electron chi connectivity index (χ1n) is 5.85. The van der Waals surface area contributed by atoms with Gasteiger partial charge in [-0.05, 0) is 36.5 Å². The molecule has 1 aromatic rings. The van der Waals surface area contributed by atoms with Crippen molar-refractivity contribution in [1.82, 2.24) is 0 Å². The predicted octanol–water partition coefficient (Wildman–Crippen LogP) is 3.77. The minimum Gasteiger partial charge on any atom is -0.388 e. The molecule has 1 aromatic carbocycles. The van der Waals surface area contributed by atoms with Crippen molar-refractivity contribution in [3.05, 3.63) is 34.9 Å². The fraction of sp³-hybridized carbons (Fsp3) is 0.571. The van der Waals surface area contributed by atoms with Gasteiger partial charge in [0.2, 0.25) is 0 Å². The summed E-state index contributed by atoms with van der Waals surface area (Å²) in [5.41, 5.74) is 3.61. The SMILES string of the molecule is CCC(CC)C(O)c1ccc(C)c(C)c1. The van der Waals surface area contributed by atoms with Crippen LogP contribution in [0.1, 0.15) is 49.5 Å². The number of rotatable bonds is 4. The maximum Gasteiger partial charge on any atom is 0.0818 e. The normalized spacial score (nSPS) is 13.2. The summed E-state index contributed by atoms with van der Waals surface area (Å²) in [6.45, 7) is 8.47. The third-order valence-electron chi connectivity index (χ3n) is 3.37. The Bertz CT molecular complexity index is 313. The number of aryl methyl sites for hydroxylation is 2. The van der Waals surface area contributed by atoms with Crippen LogP contribution >= 0.6 is 0 Å². The van der Waals surface area contributed by atoms with Crippen LogP contribution in [0.2, 0.25) is 0 Å². The Morgan fingerprint density at radius 3 is 2.13 bits per heavy atom. The van der Waals surface area contributed by atoms with Gasteiger partial charge in [0, 0.05) is 0 Å². The van der Waals surface area contributed by atoms with Gasteiger partial charge in [0.25, 0.3) is 0 Å². The third-order valence-corrected chi connectivity index (χ3v) is 3.37. The zero-order valence-electron chi connectivity index (χ0n) is 10.2. The van der Waals surface area contributed by atoms with Gasteiger partial charge >= 0.3 is 0 Å². The van der Waals surface area contributed by atoms with E-state index in [1.807, 2.05) is 6.07 Å². The van der Waals surface area contributed by atoms with Crippen molar-refractivity contribution in [1.29, 1.82) is 0 Å². The average molecular weight is 206 g/mol. The number of benzene rings is 1. The van der Waals surface area contributed by atoms with Gasteiger partial charge < -0.3 is 5.11 Å². The minimum atomic E-state index is -0.306. The van der Waals surface area contributed by atoms with E-state index >= 15 is 0 Å². The predicted molar refractivity (Wildman–Crippen MR) is 64.9 cm³/mol. The van der Waals surface area contributed by atoms with Gasteiger partial charge in [0.05, 0.1) is 6.10 Å². The largest absolute Gasteiger partial charge is 0.388 e. The van der Waals surface area contributed by atoms with Crippen LogP contribution in [0.3, 0.4) is 0 Å². The number of hydrogen-bond donors (Lipinski definition) is 1. The lowest BCUT2D eigenvalue weighted by molar-refractivity contribution is 0.103. The van der Waals surface area contributed by atoms with Gasteiger partial charge in [-0.25, -0.2) is 0 Å². The second kappa shape index (κ2) is 5.32. The smallest absolute Gasteiger partial charge is 0.0818 e. The molecule has 0 spiro atoms. The fourth-order valence-electron chi connectivity index (χ4n) is 1.96. The lowest BCUT2D eigenvalue weighted by Gasteiger charge is -2.21. The molecular formula is C14H22O. The Balaban J connectivity index is 2.90. The molecule has 0 radical (unpaired) electrons. The van der Waals surface area contributed by atoms with Crippen LogP contribution in [-0.4, -0.2) is 5.11 Å². The molecule has 15 heavy (non-hydrogen) atoms. The molecule has 1 atom stereocenters. The van der Waals surface area contributed by atoms with Gasteiger partial charge in [-0.3, -0.25) is 0 Å². The van der Waals surface area contributed by atoms with Crippen LogP contribution in [0.15, 0.2) is 18.2 Å². The third kappa shape index (κ3) is 2.82. The highest BCUT2D eigenvalue weighted by atomic mass is 16.3. The summed E-state index contributed by atoms with van der Waals surface area (Å²) >= 11 is 0. The second-order valence-electron chi connectivity index (χ2n) is 4.37. The molecule has 0 fully saturated rings. The molecule has 1 rings (SSSR count). The molecular weight excluding hydrogens is 184 g/mol. The van der Waals surface area contributed by atoms with Gasteiger partial charge in [-0.1, -0.05) is 44.9 Å². The molecule has 0 aliphatic carbocycles. The number of aliphatic hydroxyl groups is 1. The maximum atomic E-state index is 10.2. The minimum absolute atomic E-state index is 0.306. The van der Waals surface area contributed by atoms with E-state index in [1.165, 1.54) is 11.1 Å². The summed E-state index contributed by atoms with van der Waals surface area (Å²) in [5.74, 6) is 0.382. The summed E-state index contributed by atoms with van der Waals surface area (Å²) in [6.07, 6.45) is 1.76.